The molecule has 2 aromatic carbocycles. The average Bonchev–Trinajstić information content (AvgIpc) is 3.35. The van der Waals surface area contributed by atoms with Crippen molar-refractivity contribution >= 4 is 50.4 Å². The van der Waals surface area contributed by atoms with Crippen LogP contribution in [-0.2, 0) is 21.4 Å². The number of nitrogens with zero attached hydrogens (tertiary/aromatic N) is 2. The van der Waals surface area contributed by atoms with Gasteiger partial charge in [-0.05, 0) is 36.8 Å². The van der Waals surface area contributed by atoms with Gasteiger partial charge in [0.15, 0.2) is 16.7 Å². The fourth-order valence-electron chi connectivity index (χ4n) is 3.24. The number of hydrogen-bond donors (Lipinski definition) is 3. The summed E-state index contributed by atoms with van der Waals surface area (Å²) in [6, 6.07) is 8.68. The van der Waals surface area contributed by atoms with Crippen molar-refractivity contribution < 1.29 is 27.5 Å². The predicted octanol–water partition coefficient (Wildman–Crippen LogP) is 2.26. The van der Waals surface area contributed by atoms with Gasteiger partial charge in [0.1, 0.15) is 0 Å². The van der Waals surface area contributed by atoms with E-state index in [0.29, 0.717) is 34.4 Å². The number of fused-ring (bicyclic) bond motifs is 2. The summed E-state index contributed by atoms with van der Waals surface area (Å²) in [6.45, 7) is 2.73. The number of ether oxygens (including phenoxy) is 2. The lowest BCUT2D eigenvalue weighted by atomic mass is 10.3. The Morgan fingerprint density at radius 2 is 1.97 bits per heavy atom. The molecule has 4 N–H and O–H groups in total. The molecule has 0 unspecified atom stereocenters. The van der Waals surface area contributed by atoms with Crippen LogP contribution in [0, 0.1) is 0 Å². The number of anilines is 1. The second-order valence-electron chi connectivity index (χ2n) is 7.10. The number of benzene rings is 2. The number of aryl methyl sites for hydroxylation is 1. The number of rotatable bonds is 7. The maximum atomic E-state index is 12.3. The predicted molar refractivity (Wildman–Crippen MR) is 122 cm³/mol. The number of carbonyl (C=O) groups is 2. The lowest BCUT2D eigenvalue weighted by Crippen LogP contribution is -2.35. The minimum atomic E-state index is -3.86. The number of sulfonamides is 1. The Morgan fingerprint density at radius 1 is 1.18 bits per heavy atom. The summed E-state index contributed by atoms with van der Waals surface area (Å²) in [5, 5.41) is 10.6. The number of aromatic nitrogens is 2. The lowest BCUT2D eigenvalue weighted by molar-refractivity contribution is -0.117. The van der Waals surface area contributed by atoms with Gasteiger partial charge in [-0.1, -0.05) is 18.7 Å². The Bertz CT molecular complexity index is 1340. The quantitative estimate of drug-likeness (QED) is 0.425. The standard InChI is InChI=1S/C20H21N5O6S2/c1-2-7-25-15-5-4-13(33(21,28)29)9-14(15)23-20(25)32-10-18(26)24-19(27)22-12-3-6-16-17(8-12)31-11-30-16/h3-6,8-9H,2,7,10-11H2,1H3,(H2,21,28,29)(H2,22,24,26,27). The highest BCUT2D eigenvalue weighted by molar-refractivity contribution is 7.99. The number of nitrogens with two attached hydrogens (primary N) is 1. The topological polar surface area (TPSA) is 155 Å². The first kappa shape index (κ1) is 22.9. The third-order valence-corrected chi connectivity index (χ3v) is 6.56. The van der Waals surface area contributed by atoms with Gasteiger partial charge >= 0.3 is 6.03 Å². The highest BCUT2D eigenvalue weighted by Gasteiger charge is 2.18. The van der Waals surface area contributed by atoms with Crippen LogP contribution in [0.4, 0.5) is 10.5 Å². The molecule has 1 aliphatic heterocycles. The van der Waals surface area contributed by atoms with Gasteiger partial charge in [0.05, 0.1) is 21.7 Å². The van der Waals surface area contributed by atoms with Crippen LogP contribution in [0.5, 0.6) is 11.5 Å². The monoisotopic (exact) mass is 491 g/mol. The van der Waals surface area contributed by atoms with Crippen LogP contribution in [0.25, 0.3) is 11.0 Å². The van der Waals surface area contributed by atoms with Crippen molar-refractivity contribution in [3.05, 3.63) is 36.4 Å². The van der Waals surface area contributed by atoms with Crippen molar-refractivity contribution in [2.75, 3.05) is 17.9 Å². The van der Waals surface area contributed by atoms with E-state index in [1.807, 2.05) is 11.5 Å². The van der Waals surface area contributed by atoms with Gasteiger partial charge in [0, 0.05) is 18.3 Å². The minimum Gasteiger partial charge on any atom is -0.454 e. The number of amides is 3. The molecule has 3 aromatic rings. The summed E-state index contributed by atoms with van der Waals surface area (Å²) >= 11 is 1.14. The molecule has 33 heavy (non-hydrogen) atoms. The summed E-state index contributed by atoms with van der Waals surface area (Å²) < 4.78 is 35.6. The van der Waals surface area contributed by atoms with E-state index >= 15 is 0 Å². The third kappa shape index (κ3) is 5.21. The molecule has 13 heteroatoms. The van der Waals surface area contributed by atoms with E-state index in [9.17, 15) is 18.0 Å². The van der Waals surface area contributed by atoms with Crippen LogP contribution < -0.4 is 25.2 Å². The second-order valence-corrected chi connectivity index (χ2v) is 9.60. The van der Waals surface area contributed by atoms with Gasteiger partial charge in [-0.25, -0.2) is 23.3 Å². The largest absolute Gasteiger partial charge is 0.454 e. The van der Waals surface area contributed by atoms with Gasteiger partial charge in [-0.2, -0.15) is 0 Å². The molecule has 0 atom stereocenters. The number of primary sulfonamides is 1. The van der Waals surface area contributed by atoms with E-state index in [2.05, 4.69) is 15.6 Å². The molecule has 0 spiro atoms. The molecular formula is C20H21N5O6S2. The van der Waals surface area contributed by atoms with Crippen LogP contribution in [0.1, 0.15) is 13.3 Å². The molecule has 2 heterocycles. The normalized spacial score (nSPS) is 12.7. The fraction of sp³-hybridized carbons (Fsp3) is 0.250. The molecule has 0 fully saturated rings. The van der Waals surface area contributed by atoms with Crippen molar-refractivity contribution in [3.8, 4) is 11.5 Å². The van der Waals surface area contributed by atoms with Gasteiger partial charge in [0.2, 0.25) is 22.7 Å². The lowest BCUT2D eigenvalue weighted by Gasteiger charge is -2.09. The van der Waals surface area contributed by atoms with Crippen molar-refractivity contribution in [1.82, 2.24) is 14.9 Å². The first-order valence-corrected chi connectivity index (χ1v) is 12.4. The molecular weight excluding hydrogens is 470 g/mol. The first-order chi connectivity index (χ1) is 15.7. The van der Waals surface area contributed by atoms with Crippen molar-refractivity contribution in [1.29, 1.82) is 0 Å². The van der Waals surface area contributed by atoms with Gasteiger partial charge in [0.25, 0.3) is 0 Å². The maximum absolute atomic E-state index is 12.3. The Hall–Kier alpha value is -3.29. The van der Waals surface area contributed by atoms with Crippen LogP contribution in [0.3, 0.4) is 0 Å². The molecule has 0 radical (unpaired) electrons. The Labute approximate surface area is 193 Å². The summed E-state index contributed by atoms with van der Waals surface area (Å²) in [7, 11) is -3.86. The van der Waals surface area contributed by atoms with Gasteiger partial charge in [-0.15, -0.1) is 0 Å². The number of hydrogen-bond acceptors (Lipinski definition) is 8. The highest BCUT2D eigenvalue weighted by atomic mass is 32.2. The number of carbonyl (C=O) groups excluding carboxylic acids is 2. The van der Waals surface area contributed by atoms with Crippen LogP contribution in [0.15, 0.2) is 46.5 Å². The zero-order valence-corrected chi connectivity index (χ0v) is 19.2. The Kier molecular flexibility index (Phi) is 6.44. The Morgan fingerprint density at radius 3 is 2.73 bits per heavy atom. The summed E-state index contributed by atoms with van der Waals surface area (Å²) in [4.78, 5) is 28.9. The molecule has 11 nitrogen and oxygen atoms in total. The fourth-order valence-corrected chi connectivity index (χ4v) is 4.62. The molecule has 0 saturated carbocycles. The SMILES string of the molecule is CCCn1c(SCC(=O)NC(=O)Nc2ccc3c(c2)OCO3)nc2cc(S(N)(=O)=O)ccc21. The molecule has 174 valence electrons. The molecule has 4 rings (SSSR count). The second kappa shape index (κ2) is 9.29. The molecule has 0 aliphatic carbocycles. The van der Waals surface area contributed by atoms with Gasteiger partial charge in [-0.3, -0.25) is 10.1 Å². The zero-order valence-electron chi connectivity index (χ0n) is 17.5. The molecule has 0 bridgehead atoms. The summed E-state index contributed by atoms with van der Waals surface area (Å²) in [5.74, 6) is 0.511. The summed E-state index contributed by atoms with van der Waals surface area (Å²) in [6.07, 6.45) is 0.806. The first-order valence-electron chi connectivity index (χ1n) is 9.91. The third-order valence-electron chi connectivity index (χ3n) is 4.68. The van der Waals surface area contributed by atoms with Crippen LogP contribution in [-0.4, -0.2) is 42.5 Å². The van der Waals surface area contributed by atoms with Crippen LogP contribution >= 0.6 is 11.8 Å². The molecule has 1 aromatic heterocycles. The van der Waals surface area contributed by atoms with Crippen LogP contribution in [0.2, 0.25) is 0 Å². The number of urea groups is 1. The van der Waals surface area contributed by atoms with Crippen molar-refractivity contribution in [2.45, 2.75) is 29.9 Å². The van der Waals surface area contributed by atoms with E-state index in [1.54, 1.807) is 24.3 Å². The van der Waals surface area contributed by atoms with Crippen molar-refractivity contribution in [2.24, 2.45) is 5.14 Å². The van der Waals surface area contributed by atoms with E-state index in [-0.39, 0.29) is 17.4 Å². The van der Waals surface area contributed by atoms with E-state index in [0.717, 1.165) is 23.7 Å². The van der Waals surface area contributed by atoms with E-state index in [4.69, 9.17) is 14.6 Å². The molecule has 3 amide bonds. The Balaban J connectivity index is 1.41. The van der Waals surface area contributed by atoms with E-state index in [1.165, 1.54) is 12.1 Å². The number of imide groups is 1. The molecule has 0 saturated heterocycles. The average molecular weight is 492 g/mol. The van der Waals surface area contributed by atoms with Gasteiger partial charge < -0.3 is 19.4 Å². The number of thioether (sulfide) groups is 1. The van der Waals surface area contributed by atoms with E-state index < -0.39 is 22.0 Å². The molecule has 1 aliphatic rings. The smallest absolute Gasteiger partial charge is 0.325 e. The number of imidazole rings is 1. The zero-order chi connectivity index (χ0) is 23.6. The maximum Gasteiger partial charge on any atom is 0.325 e. The minimum absolute atomic E-state index is 0.0365. The van der Waals surface area contributed by atoms with Crippen molar-refractivity contribution in [3.63, 3.8) is 0 Å². The highest BCUT2D eigenvalue weighted by Crippen LogP contribution is 2.34. The summed E-state index contributed by atoms with van der Waals surface area (Å²) in [5.41, 5.74) is 1.64. The number of nitrogens with one attached hydrogen (secondary N) is 2.